The van der Waals surface area contributed by atoms with E-state index in [9.17, 15) is 0 Å². The lowest BCUT2D eigenvalue weighted by atomic mass is 10.1. The van der Waals surface area contributed by atoms with Gasteiger partial charge in [0.15, 0.2) is 11.6 Å². The minimum absolute atomic E-state index is 0.0918. The standard InChI is InChI=1S/C20H25FN6O2/c1-13(12-28-2)29-20-17(21)19(24-14-6-5-8-22-10-14)25-18(26-20)15-11-23-27-9-4-3-7-16(15)27/h3-4,7,9,11,13-14,22H,5-6,8,10,12H2,1-2H3,(H,24,25,26)/t13-,14-/m1/s1. The largest absolute Gasteiger partial charge is 0.470 e. The molecule has 0 spiro atoms. The minimum atomic E-state index is -0.598. The van der Waals surface area contributed by atoms with E-state index in [0.29, 0.717) is 18.0 Å². The molecule has 2 N–H and O–H groups in total. The van der Waals surface area contributed by atoms with Crippen molar-refractivity contribution in [2.75, 3.05) is 32.1 Å². The van der Waals surface area contributed by atoms with Crippen molar-refractivity contribution in [1.82, 2.24) is 24.9 Å². The first-order valence-corrected chi connectivity index (χ1v) is 9.79. The fraction of sp³-hybridized carbons (Fsp3) is 0.450. The number of hydrogen-bond acceptors (Lipinski definition) is 7. The summed E-state index contributed by atoms with van der Waals surface area (Å²) in [6, 6.07) is 5.81. The number of ether oxygens (including phenoxy) is 2. The van der Waals surface area contributed by atoms with Gasteiger partial charge in [0.2, 0.25) is 5.82 Å². The summed E-state index contributed by atoms with van der Waals surface area (Å²) in [5, 5.41) is 10.9. The molecule has 0 aliphatic carbocycles. The predicted octanol–water partition coefficient (Wildman–Crippen LogP) is 2.51. The molecule has 0 aromatic carbocycles. The molecule has 1 aliphatic heterocycles. The summed E-state index contributed by atoms with van der Waals surface area (Å²) in [5.41, 5.74) is 1.54. The van der Waals surface area contributed by atoms with E-state index in [0.717, 1.165) is 31.4 Å². The Morgan fingerprint density at radius 3 is 3.07 bits per heavy atom. The summed E-state index contributed by atoms with van der Waals surface area (Å²) >= 11 is 0. The normalized spacial score (nSPS) is 18.0. The zero-order valence-corrected chi connectivity index (χ0v) is 16.6. The Morgan fingerprint density at radius 1 is 1.38 bits per heavy atom. The van der Waals surface area contributed by atoms with Crippen molar-refractivity contribution in [3.05, 3.63) is 36.4 Å². The first kappa shape index (κ1) is 19.5. The topological polar surface area (TPSA) is 85.6 Å². The van der Waals surface area contributed by atoms with Gasteiger partial charge in [-0.1, -0.05) is 6.07 Å². The highest BCUT2D eigenvalue weighted by atomic mass is 19.1. The van der Waals surface area contributed by atoms with Crippen molar-refractivity contribution in [3.63, 3.8) is 0 Å². The fourth-order valence-corrected chi connectivity index (χ4v) is 3.46. The number of pyridine rings is 1. The maximum absolute atomic E-state index is 15.2. The number of nitrogens with one attached hydrogen (secondary N) is 2. The zero-order chi connectivity index (χ0) is 20.2. The number of rotatable bonds is 7. The van der Waals surface area contributed by atoms with Crippen LogP contribution >= 0.6 is 0 Å². The molecular formula is C20H25FN6O2. The van der Waals surface area contributed by atoms with Gasteiger partial charge in [0.05, 0.1) is 23.9 Å². The number of nitrogens with zero attached hydrogens (tertiary/aromatic N) is 4. The van der Waals surface area contributed by atoms with Crippen LogP contribution in [0.1, 0.15) is 19.8 Å². The van der Waals surface area contributed by atoms with Gasteiger partial charge >= 0.3 is 0 Å². The second-order valence-electron chi connectivity index (χ2n) is 7.18. The highest BCUT2D eigenvalue weighted by Crippen LogP contribution is 2.29. The predicted molar refractivity (Wildman–Crippen MR) is 108 cm³/mol. The van der Waals surface area contributed by atoms with Crippen molar-refractivity contribution >= 4 is 11.3 Å². The van der Waals surface area contributed by atoms with E-state index < -0.39 is 5.82 Å². The van der Waals surface area contributed by atoms with Crippen molar-refractivity contribution in [1.29, 1.82) is 0 Å². The molecule has 8 nitrogen and oxygen atoms in total. The lowest BCUT2D eigenvalue weighted by molar-refractivity contribution is 0.0859. The van der Waals surface area contributed by atoms with Crippen LogP contribution in [0.15, 0.2) is 30.6 Å². The van der Waals surface area contributed by atoms with E-state index in [1.807, 2.05) is 24.4 Å². The average Bonchev–Trinajstić information content (AvgIpc) is 3.16. The van der Waals surface area contributed by atoms with E-state index in [2.05, 4.69) is 25.7 Å². The highest BCUT2D eigenvalue weighted by molar-refractivity contribution is 5.76. The van der Waals surface area contributed by atoms with E-state index in [-0.39, 0.29) is 23.8 Å². The van der Waals surface area contributed by atoms with Crippen molar-refractivity contribution in [2.45, 2.75) is 31.9 Å². The molecule has 4 rings (SSSR count). The Kier molecular flexibility index (Phi) is 5.86. The van der Waals surface area contributed by atoms with Crippen LogP contribution in [0.25, 0.3) is 16.9 Å². The van der Waals surface area contributed by atoms with Crippen LogP contribution in [0, 0.1) is 5.82 Å². The highest BCUT2D eigenvalue weighted by Gasteiger charge is 2.23. The van der Waals surface area contributed by atoms with Crippen LogP contribution in [-0.2, 0) is 4.74 Å². The number of halogens is 1. The van der Waals surface area contributed by atoms with E-state index in [1.165, 1.54) is 0 Å². The molecule has 1 saturated heterocycles. The van der Waals surface area contributed by atoms with Gasteiger partial charge in [-0.15, -0.1) is 0 Å². The van der Waals surface area contributed by atoms with Crippen LogP contribution in [0.5, 0.6) is 5.88 Å². The van der Waals surface area contributed by atoms with Gasteiger partial charge in [-0.2, -0.15) is 14.5 Å². The lowest BCUT2D eigenvalue weighted by Gasteiger charge is -2.25. The van der Waals surface area contributed by atoms with Crippen molar-refractivity contribution in [2.24, 2.45) is 0 Å². The Bertz CT molecular complexity index is 973. The third-order valence-corrected chi connectivity index (χ3v) is 4.84. The van der Waals surface area contributed by atoms with Crippen LogP contribution in [-0.4, -0.2) is 58.5 Å². The zero-order valence-electron chi connectivity index (χ0n) is 16.6. The molecule has 1 aliphatic rings. The summed E-state index contributed by atoms with van der Waals surface area (Å²) in [4.78, 5) is 8.85. The maximum atomic E-state index is 15.2. The quantitative estimate of drug-likeness (QED) is 0.630. The molecule has 9 heteroatoms. The number of hydrogen-bond donors (Lipinski definition) is 2. The van der Waals surface area contributed by atoms with Crippen molar-refractivity contribution in [3.8, 4) is 17.3 Å². The smallest absolute Gasteiger partial charge is 0.256 e. The van der Waals surface area contributed by atoms with Crippen LogP contribution in [0.4, 0.5) is 10.2 Å². The average molecular weight is 400 g/mol. The molecular weight excluding hydrogens is 375 g/mol. The molecule has 0 saturated carbocycles. The van der Waals surface area contributed by atoms with Gasteiger partial charge in [0, 0.05) is 25.9 Å². The summed E-state index contributed by atoms with van der Waals surface area (Å²) in [5.74, 6) is -0.197. The first-order chi connectivity index (χ1) is 14.2. The van der Waals surface area contributed by atoms with Gasteiger partial charge in [-0.25, -0.2) is 9.50 Å². The number of fused-ring (bicyclic) bond motifs is 1. The second kappa shape index (κ2) is 8.71. The van der Waals surface area contributed by atoms with E-state index in [4.69, 9.17) is 9.47 Å². The molecule has 3 aromatic rings. The van der Waals surface area contributed by atoms with E-state index in [1.54, 1.807) is 24.7 Å². The molecule has 3 aromatic heterocycles. The summed E-state index contributed by atoms with van der Waals surface area (Å²) < 4.78 is 27.7. The number of piperidine rings is 1. The molecule has 1 fully saturated rings. The third-order valence-electron chi connectivity index (χ3n) is 4.84. The summed E-state index contributed by atoms with van der Waals surface area (Å²) in [7, 11) is 1.57. The molecule has 4 heterocycles. The van der Waals surface area contributed by atoms with Crippen LogP contribution in [0.2, 0.25) is 0 Å². The fourth-order valence-electron chi connectivity index (χ4n) is 3.46. The number of methoxy groups -OCH3 is 1. The maximum Gasteiger partial charge on any atom is 0.256 e. The van der Waals surface area contributed by atoms with Gasteiger partial charge in [0.1, 0.15) is 6.10 Å². The second-order valence-corrected chi connectivity index (χ2v) is 7.18. The summed E-state index contributed by atoms with van der Waals surface area (Å²) in [6.45, 7) is 3.86. The number of aromatic nitrogens is 4. The lowest BCUT2D eigenvalue weighted by Crippen LogP contribution is -2.39. The van der Waals surface area contributed by atoms with Gasteiger partial charge in [0.25, 0.3) is 5.88 Å². The molecule has 2 atom stereocenters. The van der Waals surface area contributed by atoms with Crippen molar-refractivity contribution < 1.29 is 13.9 Å². The molecule has 0 unspecified atom stereocenters. The Labute approximate surface area is 168 Å². The van der Waals surface area contributed by atoms with Gasteiger partial charge < -0.3 is 20.1 Å². The Hall–Kier alpha value is -2.78. The molecule has 0 amide bonds. The van der Waals surface area contributed by atoms with Gasteiger partial charge in [-0.3, -0.25) is 0 Å². The summed E-state index contributed by atoms with van der Waals surface area (Å²) in [6.07, 6.45) is 5.13. The first-order valence-electron chi connectivity index (χ1n) is 9.79. The molecule has 29 heavy (non-hydrogen) atoms. The third kappa shape index (κ3) is 4.30. The van der Waals surface area contributed by atoms with Crippen LogP contribution < -0.4 is 15.4 Å². The molecule has 0 radical (unpaired) electrons. The minimum Gasteiger partial charge on any atom is -0.470 e. The molecule has 0 bridgehead atoms. The Balaban J connectivity index is 1.74. The van der Waals surface area contributed by atoms with Gasteiger partial charge in [-0.05, 0) is 38.4 Å². The molecule has 154 valence electrons. The SMILES string of the molecule is COC[C@@H](C)Oc1nc(-c2cnn3ccccc23)nc(N[C@@H]2CCCNC2)c1F. The monoisotopic (exact) mass is 400 g/mol. The Morgan fingerprint density at radius 2 is 2.28 bits per heavy atom. The van der Waals surface area contributed by atoms with Crippen LogP contribution in [0.3, 0.4) is 0 Å². The van der Waals surface area contributed by atoms with E-state index >= 15 is 4.39 Å². The number of anilines is 1.